The second-order valence-corrected chi connectivity index (χ2v) is 8.42. The molecule has 0 aliphatic heterocycles. The zero-order valence-corrected chi connectivity index (χ0v) is 16.4. The van der Waals surface area contributed by atoms with E-state index in [-0.39, 0.29) is 5.91 Å². The quantitative estimate of drug-likeness (QED) is 0.717. The minimum Gasteiger partial charge on any atom is -0.481 e. The SMILES string of the molecule is Cc1sc(NC(=O)[C@@H]2CCCC[C@H]2C(=O)O)nc1-c1ccc(Cl)cc1Cl. The molecule has 138 valence electrons. The molecule has 1 saturated carbocycles. The number of anilines is 1. The normalized spacial score (nSPS) is 20.0. The molecule has 1 aromatic carbocycles. The fraction of sp³-hybridized carbons (Fsp3) is 0.389. The molecule has 0 spiro atoms. The molecule has 8 heteroatoms. The number of hydrogen-bond acceptors (Lipinski definition) is 4. The highest BCUT2D eigenvalue weighted by atomic mass is 35.5. The van der Waals surface area contributed by atoms with Crippen molar-refractivity contribution in [1.82, 2.24) is 4.98 Å². The maximum Gasteiger partial charge on any atom is 0.307 e. The largest absolute Gasteiger partial charge is 0.481 e. The van der Waals surface area contributed by atoms with Crippen molar-refractivity contribution in [3.05, 3.63) is 33.1 Å². The van der Waals surface area contributed by atoms with Gasteiger partial charge in [-0.25, -0.2) is 4.98 Å². The minimum absolute atomic E-state index is 0.278. The Morgan fingerprint density at radius 1 is 1.23 bits per heavy atom. The van der Waals surface area contributed by atoms with E-state index in [0.717, 1.165) is 23.3 Å². The van der Waals surface area contributed by atoms with Gasteiger partial charge in [-0.2, -0.15) is 0 Å². The van der Waals surface area contributed by atoms with Crippen LogP contribution in [0.25, 0.3) is 11.3 Å². The van der Waals surface area contributed by atoms with E-state index >= 15 is 0 Å². The second kappa shape index (κ2) is 7.94. The first-order valence-corrected chi connectivity index (χ1v) is 9.90. The molecule has 0 saturated heterocycles. The lowest BCUT2D eigenvalue weighted by atomic mass is 9.79. The molecule has 1 amide bonds. The summed E-state index contributed by atoms with van der Waals surface area (Å²) in [5, 5.41) is 13.6. The molecule has 2 N–H and O–H groups in total. The summed E-state index contributed by atoms with van der Waals surface area (Å²) >= 11 is 13.5. The topological polar surface area (TPSA) is 79.3 Å². The summed E-state index contributed by atoms with van der Waals surface area (Å²) in [7, 11) is 0. The third kappa shape index (κ3) is 4.03. The van der Waals surface area contributed by atoms with Crippen molar-refractivity contribution in [2.45, 2.75) is 32.6 Å². The van der Waals surface area contributed by atoms with Crippen molar-refractivity contribution in [2.75, 3.05) is 5.32 Å². The van der Waals surface area contributed by atoms with E-state index < -0.39 is 17.8 Å². The number of aliphatic carboxylic acids is 1. The van der Waals surface area contributed by atoms with E-state index in [1.54, 1.807) is 18.2 Å². The van der Waals surface area contributed by atoms with Crippen LogP contribution in [0.2, 0.25) is 10.0 Å². The molecule has 0 bridgehead atoms. The summed E-state index contributed by atoms with van der Waals surface area (Å²) in [5.41, 5.74) is 1.43. The van der Waals surface area contributed by atoms with E-state index in [4.69, 9.17) is 23.2 Å². The van der Waals surface area contributed by atoms with Gasteiger partial charge in [0.15, 0.2) is 5.13 Å². The number of carbonyl (C=O) groups is 2. The molecule has 1 heterocycles. The number of carboxylic acids is 1. The molecule has 0 unspecified atom stereocenters. The van der Waals surface area contributed by atoms with Gasteiger partial charge in [0, 0.05) is 15.5 Å². The number of aromatic nitrogens is 1. The predicted molar refractivity (Wildman–Crippen MR) is 104 cm³/mol. The summed E-state index contributed by atoms with van der Waals surface area (Å²) in [6.07, 6.45) is 2.83. The maximum absolute atomic E-state index is 12.6. The summed E-state index contributed by atoms with van der Waals surface area (Å²) in [4.78, 5) is 29.4. The van der Waals surface area contributed by atoms with Gasteiger partial charge in [0.2, 0.25) is 5.91 Å². The maximum atomic E-state index is 12.6. The van der Waals surface area contributed by atoms with E-state index in [2.05, 4.69) is 10.3 Å². The van der Waals surface area contributed by atoms with Gasteiger partial charge >= 0.3 is 5.97 Å². The standard InChI is InChI=1S/C18H18Cl2N2O3S/c1-9-15(13-7-6-10(19)8-14(13)20)21-18(26-9)22-16(23)11-4-2-3-5-12(11)17(24)25/h6-8,11-12H,2-5H2,1H3,(H,24,25)(H,21,22,23)/t11-,12-/m1/s1. The molecule has 1 aliphatic rings. The average Bonchev–Trinajstić information content (AvgIpc) is 2.94. The molecular weight excluding hydrogens is 395 g/mol. The first kappa shape index (κ1) is 19.1. The lowest BCUT2D eigenvalue weighted by Gasteiger charge is -2.26. The van der Waals surface area contributed by atoms with Crippen LogP contribution >= 0.6 is 34.5 Å². The molecule has 0 radical (unpaired) electrons. The number of hydrogen-bond donors (Lipinski definition) is 2. The number of nitrogens with one attached hydrogen (secondary N) is 1. The van der Waals surface area contributed by atoms with Crippen LogP contribution in [-0.2, 0) is 9.59 Å². The van der Waals surface area contributed by atoms with Crippen molar-refractivity contribution in [2.24, 2.45) is 11.8 Å². The molecule has 2 atom stereocenters. The highest BCUT2D eigenvalue weighted by Gasteiger charge is 2.36. The van der Waals surface area contributed by atoms with E-state index in [9.17, 15) is 14.7 Å². The van der Waals surface area contributed by atoms with E-state index in [1.165, 1.54) is 11.3 Å². The second-order valence-electron chi connectivity index (χ2n) is 6.37. The van der Waals surface area contributed by atoms with Crippen molar-refractivity contribution < 1.29 is 14.7 Å². The monoisotopic (exact) mass is 412 g/mol. The van der Waals surface area contributed by atoms with Crippen LogP contribution in [0.1, 0.15) is 30.6 Å². The smallest absolute Gasteiger partial charge is 0.307 e. The number of rotatable bonds is 4. The molecule has 1 fully saturated rings. The molecule has 1 aliphatic carbocycles. The Morgan fingerprint density at radius 2 is 1.92 bits per heavy atom. The number of amides is 1. The molecular formula is C18H18Cl2N2O3S. The molecule has 2 aromatic rings. The summed E-state index contributed by atoms with van der Waals surface area (Å²) in [5.74, 6) is -2.34. The summed E-state index contributed by atoms with van der Waals surface area (Å²) in [6.45, 7) is 1.90. The molecule has 26 heavy (non-hydrogen) atoms. The number of aryl methyl sites for hydroxylation is 1. The zero-order chi connectivity index (χ0) is 18.8. The molecule has 5 nitrogen and oxygen atoms in total. The Balaban J connectivity index is 1.80. The van der Waals surface area contributed by atoms with Crippen LogP contribution in [0.4, 0.5) is 5.13 Å². The van der Waals surface area contributed by atoms with Crippen LogP contribution in [0.15, 0.2) is 18.2 Å². The van der Waals surface area contributed by atoms with Crippen molar-refractivity contribution >= 4 is 51.5 Å². The Labute approximate surface area is 165 Å². The van der Waals surface area contributed by atoms with Gasteiger partial charge in [0.25, 0.3) is 0 Å². The number of nitrogens with zero attached hydrogens (tertiary/aromatic N) is 1. The highest BCUT2D eigenvalue weighted by molar-refractivity contribution is 7.16. The molecule has 1 aromatic heterocycles. The Bertz CT molecular complexity index is 853. The van der Waals surface area contributed by atoms with Gasteiger partial charge in [-0.1, -0.05) is 36.0 Å². The minimum atomic E-state index is -0.909. The number of halogens is 2. The van der Waals surface area contributed by atoms with Gasteiger partial charge < -0.3 is 10.4 Å². The third-order valence-electron chi connectivity index (χ3n) is 4.63. The predicted octanol–water partition coefficient (Wildman–Crippen LogP) is 5.25. The summed E-state index contributed by atoms with van der Waals surface area (Å²) < 4.78 is 0. The Hall–Kier alpha value is -1.63. The number of benzene rings is 1. The average molecular weight is 413 g/mol. The third-order valence-corrected chi connectivity index (χ3v) is 6.07. The van der Waals surface area contributed by atoms with Gasteiger partial charge in [0.1, 0.15) is 0 Å². The number of carboxylic acid groups (broad SMARTS) is 1. The van der Waals surface area contributed by atoms with Crippen LogP contribution in [0.3, 0.4) is 0 Å². The summed E-state index contributed by atoms with van der Waals surface area (Å²) in [6, 6.07) is 5.17. The Kier molecular flexibility index (Phi) is 5.85. The van der Waals surface area contributed by atoms with Crippen molar-refractivity contribution in [3.8, 4) is 11.3 Å². The van der Waals surface area contributed by atoms with Gasteiger partial charge in [0.05, 0.1) is 22.6 Å². The van der Waals surface area contributed by atoms with Crippen LogP contribution in [0.5, 0.6) is 0 Å². The van der Waals surface area contributed by atoms with E-state index in [1.807, 2.05) is 6.92 Å². The fourth-order valence-electron chi connectivity index (χ4n) is 3.32. The van der Waals surface area contributed by atoms with Crippen molar-refractivity contribution in [3.63, 3.8) is 0 Å². The number of thiazole rings is 1. The Morgan fingerprint density at radius 3 is 2.58 bits per heavy atom. The first-order chi connectivity index (χ1) is 12.4. The number of carbonyl (C=O) groups excluding carboxylic acids is 1. The van der Waals surface area contributed by atoms with Crippen LogP contribution in [-0.4, -0.2) is 22.0 Å². The lowest BCUT2D eigenvalue weighted by Crippen LogP contribution is -2.36. The van der Waals surface area contributed by atoms with Crippen molar-refractivity contribution in [1.29, 1.82) is 0 Å². The highest BCUT2D eigenvalue weighted by Crippen LogP contribution is 2.37. The van der Waals surface area contributed by atoms with Gasteiger partial charge in [-0.05, 0) is 38.0 Å². The molecule has 3 rings (SSSR count). The van der Waals surface area contributed by atoms with E-state index in [0.29, 0.717) is 33.7 Å². The van der Waals surface area contributed by atoms with Crippen LogP contribution < -0.4 is 5.32 Å². The zero-order valence-electron chi connectivity index (χ0n) is 14.1. The first-order valence-electron chi connectivity index (χ1n) is 8.33. The lowest BCUT2D eigenvalue weighted by molar-refractivity contribution is -0.147. The van der Waals surface area contributed by atoms with Gasteiger partial charge in [-0.15, -0.1) is 11.3 Å². The van der Waals surface area contributed by atoms with Crippen LogP contribution in [0, 0.1) is 18.8 Å². The fourth-order valence-corrected chi connectivity index (χ4v) is 4.65. The van der Waals surface area contributed by atoms with Gasteiger partial charge in [-0.3, -0.25) is 9.59 Å².